The molecule has 0 fully saturated rings. The number of hydrogen-bond acceptors (Lipinski definition) is 4. The van der Waals surface area contributed by atoms with Gasteiger partial charge in [-0.05, 0) is 53.4 Å². The summed E-state index contributed by atoms with van der Waals surface area (Å²) in [5, 5.41) is 11.0. The summed E-state index contributed by atoms with van der Waals surface area (Å²) < 4.78 is 10.6. The molecule has 142 valence electrons. The highest BCUT2D eigenvalue weighted by atomic mass is 32.1. The smallest absolute Gasteiger partial charge is 0.191 e. The molecule has 2 rings (SSSR count). The Kier molecular flexibility index (Phi) is 8.28. The predicted molar refractivity (Wildman–Crippen MR) is 110 cm³/mol. The lowest BCUT2D eigenvalue weighted by Gasteiger charge is -2.14. The van der Waals surface area contributed by atoms with Crippen molar-refractivity contribution in [3.8, 4) is 11.5 Å². The van der Waals surface area contributed by atoms with E-state index in [2.05, 4.69) is 47.4 Å². The fourth-order valence-corrected chi connectivity index (χ4v) is 3.37. The molecule has 2 N–H and O–H groups in total. The van der Waals surface area contributed by atoms with Gasteiger partial charge in [-0.2, -0.15) is 11.3 Å². The Morgan fingerprint density at radius 1 is 1.15 bits per heavy atom. The van der Waals surface area contributed by atoms with E-state index in [-0.39, 0.29) is 0 Å². The van der Waals surface area contributed by atoms with Gasteiger partial charge in [0, 0.05) is 25.6 Å². The van der Waals surface area contributed by atoms with Crippen LogP contribution in [0, 0.1) is 0 Å². The van der Waals surface area contributed by atoms with E-state index < -0.39 is 0 Å². The van der Waals surface area contributed by atoms with Crippen molar-refractivity contribution in [2.75, 3.05) is 33.9 Å². The fraction of sp³-hybridized carbons (Fsp3) is 0.450. The van der Waals surface area contributed by atoms with Crippen molar-refractivity contribution in [1.29, 1.82) is 0 Å². The Labute approximate surface area is 160 Å². The first-order valence-corrected chi connectivity index (χ1v) is 9.87. The minimum Gasteiger partial charge on any atom is -0.493 e. The third-order valence-electron chi connectivity index (χ3n) is 4.13. The van der Waals surface area contributed by atoms with Crippen molar-refractivity contribution in [1.82, 2.24) is 10.6 Å². The summed E-state index contributed by atoms with van der Waals surface area (Å²) in [6.45, 7) is 6.69. The zero-order valence-electron chi connectivity index (χ0n) is 16.0. The van der Waals surface area contributed by atoms with Gasteiger partial charge < -0.3 is 20.1 Å². The van der Waals surface area contributed by atoms with E-state index in [1.54, 1.807) is 25.6 Å². The summed E-state index contributed by atoms with van der Waals surface area (Å²) in [5.41, 5.74) is 2.54. The van der Waals surface area contributed by atoms with Crippen LogP contribution in [0.5, 0.6) is 11.5 Å². The van der Waals surface area contributed by atoms with Gasteiger partial charge in [-0.1, -0.05) is 13.0 Å². The maximum atomic E-state index is 5.36. The molecule has 0 radical (unpaired) electrons. The molecule has 2 aromatic rings. The number of hydrogen-bond donors (Lipinski definition) is 2. The maximum Gasteiger partial charge on any atom is 0.191 e. The van der Waals surface area contributed by atoms with Gasteiger partial charge in [0.25, 0.3) is 0 Å². The molecule has 1 unspecified atom stereocenters. The van der Waals surface area contributed by atoms with Crippen LogP contribution in [0.15, 0.2) is 40.0 Å². The molecule has 0 aliphatic heterocycles. The molecule has 0 amide bonds. The lowest BCUT2D eigenvalue weighted by Crippen LogP contribution is -2.38. The number of rotatable bonds is 9. The van der Waals surface area contributed by atoms with Crippen LogP contribution in [0.25, 0.3) is 0 Å². The number of thiophene rings is 1. The summed E-state index contributed by atoms with van der Waals surface area (Å²) in [6, 6.07) is 8.19. The lowest BCUT2D eigenvalue weighted by molar-refractivity contribution is 0.354. The molecular weight excluding hydrogens is 346 g/mol. The summed E-state index contributed by atoms with van der Waals surface area (Å²) >= 11 is 1.73. The van der Waals surface area contributed by atoms with E-state index in [9.17, 15) is 0 Å². The zero-order valence-corrected chi connectivity index (χ0v) is 16.9. The van der Waals surface area contributed by atoms with Crippen LogP contribution in [-0.2, 0) is 6.42 Å². The predicted octanol–water partition coefficient (Wildman–Crippen LogP) is 3.67. The number of nitrogens with one attached hydrogen (secondary N) is 2. The van der Waals surface area contributed by atoms with Crippen LogP contribution in [0.3, 0.4) is 0 Å². The minimum atomic E-state index is 0.419. The number of methoxy groups -OCH3 is 2. The topological polar surface area (TPSA) is 54.9 Å². The van der Waals surface area contributed by atoms with E-state index in [0.29, 0.717) is 5.92 Å². The molecular formula is C20H29N3O2S. The number of ether oxygens (including phenoxy) is 2. The van der Waals surface area contributed by atoms with Crippen LogP contribution >= 0.6 is 11.3 Å². The van der Waals surface area contributed by atoms with Gasteiger partial charge >= 0.3 is 0 Å². The van der Waals surface area contributed by atoms with Crippen molar-refractivity contribution in [2.45, 2.75) is 26.2 Å². The molecule has 6 heteroatoms. The first-order valence-electron chi connectivity index (χ1n) is 8.93. The Balaban J connectivity index is 1.88. The lowest BCUT2D eigenvalue weighted by atomic mass is 10.1. The van der Waals surface area contributed by atoms with Gasteiger partial charge in [0.2, 0.25) is 0 Å². The van der Waals surface area contributed by atoms with Gasteiger partial charge in [0.1, 0.15) is 0 Å². The summed E-state index contributed by atoms with van der Waals surface area (Å²) in [7, 11) is 3.31. The largest absolute Gasteiger partial charge is 0.493 e. The van der Waals surface area contributed by atoms with Crippen LogP contribution in [-0.4, -0.2) is 39.8 Å². The molecule has 5 nitrogen and oxygen atoms in total. The highest BCUT2D eigenvalue weighted by molar-refractivity contribution is 7.07. The average molecular weight is 376 g/mol. The Hall–Kier alpha value is -2.21. The molecule has 1 aromatic heterocycles. The van der Waals surface area contributed by atoms with Gasteiger partial charge in [-0.15, -0.1) is 0 Å². The number of aliphatic imine (C=N–C) groups is 1. The van der Waals surface area contributed by atoms with E-state index >= 15 is 0 Å². The molecule has 1 atom stereocenters. The highest BCUT2D eigenvalue weighted by Crippen LogP contribution is 2.27. The summed E-state index contributed by atoms with van der Waals surface area (Å²) in [6.07, 6.45) is 0.880. The van der Waals surface area contributed by atoms with Crippen molar-refractivity contribution in [2.24, 2.45) is 4.99 Å². The molecule has 0 spiro atoms. The first-order chi connectivity index (χ1) is 12.7. The minimum absolute atomic E-state index is 0.419. The SMILES string of the molecule is CCNC(=NCC(C)c1ccsc1)NCCc1ccc(OC)c(OC)c1. The molecule has 0 aliphatic rings. The van der Waals surface area contributed by atoms with Gasteiger partial charge in [-0.3, -0.25) is 4.99 Å². The van der Waals surface area contributed by atoms with Gasteiger partial charge in [0.05, 0.1) is 14.2 Å². The second kappa shape index (κ2) is 10.7. The van der Waals surface area contributed by atoms with E-state index in [0.717, 1.165) is 43.5 Å². The molecule has 0 saturated carbocycles. The van der Waals surface area contributed by atoms with E-state index in [1.807, 2.05) is 12.1 Å². The van der Waals surface area contributed by atoms with Crippen LogP contribution in [0.4, 0.5) is 0 Å². The van der Waals surface area contributed by atoms with Crippen molar-refractivity contribution in [3.05, 3.63) is 46.2 Å². The third-order valence-corrected chi connectivity index (χ3v) is 4.84. The molecule has 1 aromatic carbocycles. The normalized spacial score (nSPS) is 12.5. The van der Waals surface area contributed by atoms with Crippen LogP contribution in [0.2, 0.25) is 0 Å². The van der Waals surface area contributed by atoms with Crippen molar-refractivity contribution < 1.29 is 9.47 Å². The monoisotopic (exact) mass is 375 g/mol. The zero-order chi connectivity index (χ0) is 18.8. The van der Waals surface area contributed by atoms with Crippen molar-refractivity contribution in [3.63, 3.8) is 0 Å². The molecule has 1 heterocycles. The van der Waals surface area contributed by atoms with Gasteiger partial charge in [-0.25, -0.2) is 0 Å². The second-order valence-corrected chi connectivity index (χ2v) is 6.82. The third kappa shape index (κ3) is 5.95. The van der Waals surface area contributed by atoms with Crippen LogP contribution < -0.4 is 20.1 Å². The number of nitrogens with zero attached hydrogens (tertiary/aromatic N) is 1. The quantitative estimate of drug-likeness (QED) is 0.519. The highest BCUT2D eigenvalue weighted by Gasteiger charge is 2.07. The molecule has 0 bridgehead atoms. The standard InChI is InChI=1S/C20H29N3O2S/c1-5-21-20(23-13-15(2)17-9-11-26-14-17)22-10-8-16-6-7-18(24-3)19(12-16)25-4/h6-7,9,11-12,14-15H,5,8,10,13H2,1-4H3,(H2,21,22,23). The van der Waals surface area contributed by atoms with Crippen LogP contribution in [0.1, 0.15) is 30.9 Å². The average Bonchev–Trinajstić information content (AvgIpc) is 3.20. The second-order valence-electron chi connectivity index (χ2n) is 6.04. The summed E-state index contributed by atoms with van der Waals surface area (Å²) in [4.78, 5) is 4.72. The van der Waals surface area contributed by atoms with E-state index in [4.69, 9.17) is 14.5 Å². The van der Waals surface area contributed by atoms with Gasteiger partial charge in [0.15, 0.2) is 17.5 Å². The number of benzene rings is 1. The van der Waals surface area contributed by atoms with E-state index in [1.165, 1.54) is 11.1 Å². The molecule has 0 saturated heterocycles. The molecule has 26 heavy (non-hydrogen) atoms. The Morgan fingerprint density at radius 2 is 1.96 bits per heavy atom. The number of guanidine groups is 1. The fourth-order valence-electron chi connectivity index (χ4n) is 2.59. The Morgan fingerprint density at radius 3 is 2.62 bits per heavy atom. The maximum absolute atomic E-state index is 5.36. The first kappa shape index (κ1) is 20.1. The Bertz CT molecular complexity index is 686. The summed E-state index contributed by atoms with van der Waals surface area (Å²) in [5.74, 6) is 2.79. The van der Waals surface area contributed by atoms with Crippen molar-refractivity contribution >= 4 is 17.3 Å². The molecule has 0 aliphatic carbocycles.